The molecule has 0 aromatic rings. The molecule has 2 heterocycles. The first kappa shape index (κ1) is 18.9. The zero-order valence-corrected chi connectivity index (χ0v) is 12.3. The SMILES string of the molecule is NC[C@H]1O[C@@](CO)(O[C@H]2O[C@H](CN)[C@@H](O)[C@H](O)[C@H]2O)[C@@H](O)[C@@H]1O. The molecular formula is C12H24N2O9. The highest BCUT2D eigenvalue weighted by Crippen LogP contribution is 2.35. The number of aliphatic hydroxyl groups excluding tert-OH is 6. The van der Waals surface area contributed by atoms with Gasteiger partial charge in [-0.1, -0.05) is 0 Å². The van der Waals surface area contributed by atoms with Gasteiger partial charge >= 0.3 is 0 Å². The lowest BCUT2D eigenvalue weighted by molar-refractivity contribution is -0.380. The monoisotopic (exact) mass is 340 g/mol. The molecule has 0 amide bonds. The van der Waals surface area contributed by atoms with Gasteiger partial charge in [-0.3, -0.25) is 0 Å². The number of hydrogen-bond donors (Lipinski definition) is 8. The molecule has 0 saturated carbocycles. The van der Waals surface area contributed by atoms with E-state index in [-0.39, 0.29) is 13.1 Å². The molecule has 23 heavy (non-hydrogen) atoms. The molecule has 0 radical (unpaired) electrons. The van der Waals surface area contributed by atoms with Gasteiger partial charge in [-0.25, -0.2) is 0 Å². The van der Waals surface area contributed by atoms with Gasteiger partial charge in [0.1, 0.15) is 49.3 Å². The molecular weight excluding hydrogens is 316 g/mol. The van der Waals surface area contributed by atoms with Crippen LogP contribution in [-0.2, 0) is 14.2 Å². The molecule has 2 aliphatic heterocycles. The van der Waals surface area contributed by atoms with E-state index < -0.39 is 61.4 Å². The van der Waals surface area contributed by atoms with Crippen LogP contribution in [0.1, 0.15) is 0 Å². The number of ether oxygens (including phenoxy) is 3. The minimum absolute atomic E-state index is 0.149. The summed E-state index contributed by atoms with van der Waals surface area (Å²) in [6, 6.07) is 0. The first-order valence-corrected chi connectivity index (χ1v) is 7.23. The largest absolute Gasteiger partial charge is 0.391 e. The van der Waals surface area contributed by atoms with Crippen LogP contribution in [-0.4, -0.2) is 105 Å². The van der Waals surface area contributed by atoms with E-state index in [0.717, 1.165) is 0 Å². The standard InChI is InChI=1S/C12H24N2O9/c13-1-4-6(16)8(18)9(19)11(21-4)23-12(3-15)10(20)7(17)5(2-14)22-12/h4-11,15-20H,1-3,13-14H2/t4-,5-,6-,7-,8+,9-,10+,11-,12+/m1/s1. The molecule has 0 aromatic carbocycles. The lowest BCUT2D eigenvalue weighted by Gasteiger charge is -2.43. The quantitative estimate of drug-likeness (QED) is 0.237. The van der Waals surface area contributed by atoms with Crippen LogP contribution in [0.5, 0.6) is 0 Å². The smallest absolute Gasteiger partial charge is 0.224 e. The van der Waals surface area contributed by atoms with E-state index in [1.54, 1.807) is 0 Å². The Morgan fingerprint density at radius 3 is 1.96 bits per heavy atom. The van der Waals surface area contributed by atoms with Crippen LogP contribution in [0.2, 0.25) is 0 Å². The third-order valence-electron chi connectivity index (χ3n) is 4.18. The molecule has 0 aromatic heterocycles. The highest BCUT2D eigenvalue weighted by Gasteiger charge is 2.58. The van der Waals surface area contributed by atoms with E-state index in [1.807, 2.05) is 0 Å². The Kier molecular flexibility index (Phi) is 5.92. The van der Waals surface area contributed by atoms with Crippen LogP contribution in [0.3, 0.4) is 0 Å². The fourth-order valence-corrected chi connectivity index (χ4v) is 2.72. The van der Waals surface area contributed by atoms with E-state index in [4.69, 9.17) is 25.7 Å². The molecule has 0 unspecified atom stereocenters. The molecule has 9 atom stereocenters. The van der Waals surface area contributed by atoms with Gasteiger partial charge in [0.25, 0.3) is 0 Å². The molecule has 0 aliphatic carbocycles. The first-order valence-electron chi connectivity index (χ1n) is 7.23. The number of aliphatic hydroxyl groups is 6. The maximum Gasteiger partial charge on any atom is 0.224 e. The summed E-state index contributed by atoms with van der Waals surface area (Å²) in [5, 5.41) is 59.0. The van der Waals surface area contributed by atoms with Crippen molar-refractivity contribution in [3.05, 3.63) is 0 Å². The highest BCUT2D eigenvalue weighted by atomic mass is 16.8. The Bertz CT molecular complexity index is 401. The van der Waals surface area contributed by atoms with Gasteiger partial charge in [0.2, 0.25) is 5.79 Å². The minimum Gasteiger partial charge on any atom is -0.391 e. The zero-order valence-electron chi connectivity index (χ0n) is 12.3. The molecule has 2 saturated heterocycles. The van der Waals surface area contributed by atoms with E-state index in [2.05, 4.69) is 0 Å². The summed E-state index contributed by atoms with van der Waals surface area (Å²) >= 11 is 0. The van der Waals surface area contributed by atoms with Crippen LogP contribution in [0, 0.1) is 0 Å². The molecule has 2 fully saturated rings. The average molecular weight is 340 g/mol. The zero-order chi connectivity index (χ0) is 17.4. The fourth-order valence-electron chi connectivity index (χ4n) is 2.72. The van der Waals surface area contributed by atoms with Gasteiger partial charge < -0.3 is 56.3 Å². The predicted molar refractivity (Wildman–Crippen MR) is 72.6 cm³/mol. The van der Waals surface area contributed by atoms with E-state index in [1.165, 1.54) is 0 Å². The normalized spacial score (nSPS) is 51.1. The lowest BCUT2D eigenvalue weighted by Crippen LogP contribution is -2.63. The van der Waals surface area contributed by atoms with Crippen LogP contribution in [0.25, 0.3) is 0 Å². The maximum atomic E-state index is 10.1. The van der Waals surface area contributed by atoms with Crippen LogP contribution in [0.4, 0.5) is 0 Å². The molecule has 2 rings (SSSR count). The molecule has 136 valence electrons. The average Bonchev–Trinajstić information content (AvgIpc) is 2.80. The molecule has 2 aliphatic rings. The second-order valence-electron chi connectivity index (χ2n) is 5.67. The molecule has 11 nitrogen and oxygen atoms in total. The van der Waals surface area contributed by atoms with Crippen molar-refractivity contribution in [3.8, 4) is 0 Å². The van der Waals surface area contributed by atoms with Crippen LogP contribution < -0.4 is 11.5 Å². The maximum absolute atomic E-state index is 10.1. The van der Waals surface area contributed by atoms with Crippen molar-refractivity contribution < 1.29 is 44.8 Å². The van der Waals surface area contributed by atoms with E-state index >= 15 is 0 Å². The van der Waals surface area contributed by atoms with Crippen molar-refractivity contribution in [3.63, 3.8) is 0 Å². The second-order valence-corrected chi connectivity index (χ2v) is 5.67. The highest BCUT2D eigenvalue weighted by molar-refractivity contribution is 4.98. The van der Waals surface area contributed by atoms with Crippen molar-refractivity contribution >= 4 is 0 Å². The second kappa shape index (κ2) is 7.21. The van der Waals surface area contributed by atoms with E-state index in [0.29, 0.717) is 0 Å². The molecule has 11 heteroatoms. The number of hydrogen-bond acceptors (Lipinski definition) is 11. The van der Waals surface area contributed by atoms with E-state index in [9.17, 15) is 30.6 Å². The van der Waals surface area contributed by atoms with Crippen molar-refractivity contribution in [2.24, 2.45) is 11.5 Å². The fraction of sp³-hybridized carbons (Fsp3) is 1.00. The lowest BCUT2D eigenvalue weighted by atomic mass is 9.98. The third kappa shape index (κ3) is 3.23. The van der Waals surface area contributed by atoms with Gasteiger partial charge in [-0.15, -0.1) is 0 Å². The van der Waals surface area contributed by atoms with Crippen molar-refractivity contribution in [1.29, 1.82) is 0 Å². The first-order chi connectivity index (χ1) is 10.8. The Hall–Kier alpha value is -0.440. The van der Waals surface area contributed by atoms with Crippen LogP contribution >= 0.6 is 0 Å². The van der Waals surface area contributed by atoms with Gasteiger partial charge in [0.05, 0.1) is 0 Å². The summed E-state index contributed by atoms with van der Waals surface area (Å²) in [6.45, 7) is -1.20. The molecule has 0 spiro atoms. The summed E-state index contributed by atoms with van der Waals surface area (Å²) in [7, 11) is 0. The summed E-state index contributed by atoms with van der Waals surface area (Å²) in [6.07, 6.45) is -11.4. The topological polar surface area (TPSA) is 201 Å². The predicted octanol–water partition coefficient (Wildman–Crippen LogP) is -5.46. The minimum atomic E-state index is -2.10. The Balaban J connectivity index is 2.18. The van der Waals surface area contributed by atoms with Crippen molar-refractivity contribution in [2.45, 2.75) is 54.8 Å². The van der Waals surface area contributed by atoms with Gasteiger partial charge in [-0.05, 0) is 0 Å². The third-order valence-corrected chi connectivity index (χ3v) is 4.18. The number of nitrogens with two attached hydrogens (primary N) is 2. The van der Waals surface area contributed by atoms with Crippen molar-refractivity contribution in [1.82, 2.24) is 0 Å². The van der Waals surface area contributed by atoms with Gasteiger partial charge in [0, 0.05) is 13.1 Å². The van der Waals surface area contributed by atoms with Crippen molar-refractivity contribution in [2.75, 3.05) is 19.7 Å². The van der Waals surface area contributed by atoms with Gasteiger partial charge in [-0.2, -0.15) is 0 Å². The Morgan fingerprint density at radius 1 is 0.870 bits per heavy atom. The number of rotatable bonds is 5. The molecule has 10 N–H and O–H groups in total. The summed E-state index contributed by atoms with van der Waals surface area (Å²) in [4.78, 5) is 0. The summed E-state index contributed by atoms with van der Waals surface area (Å²) < 4.78 is 15.9. The Labute approximate surface area is 132 Å². The Morgan fingerprint density at radius 2 is 1.48 bits per heavy atom. The summed E-state index contributed by atoms with van der Waals surface area (Å²) in [5.74, 6) is -2.10. The van der Waals surface area contributed by atoms with Crippen LogP contribution in [0.15, 0.2) is 0 Å². The summed E-state index contributed by atoms with van der Waals surface area (Å²) in [5.41, 5.74) is 10.8. The molecule has 0 bridgehead atoms. The van der Waals surface area contributed by atoms with Gasteiger partial charge in [0.15, 0.2) is 6.29 Å².